The molecule has 0 aromatic carbocycles. The zero-order valence-corrected chi connectivity index (χ0v) is 13.2. The molecule has 0 spiro atoms. The monoisotopic (exact) mass is 310 g/mol. The van der Waals surface area contributed by atoms with Gasteiger partial charge >= 0.3 is 5.97 Å². The molecular weight excluding hydrogens is 288 g/mol. The van der Waals surface area contributed by atoms with Crippen LogP contribution in [0.2, 0.25) is 0 Å². The average Bonchev–Trinajstić information content (AvgIpc) is 3.23. The first-order valence-corrected chi connectivity index (χ1v) is 8.59. The van der Waals surface area contributed by atoms with E-state index in [-0.39, 0.29) is 18.1 Å². The maximum Gasteiger partial charge on any atom is 0.353 e. The van der Waals surface area contributed by atoms with Crippen molar-refractivity contribution in [1.82, 2.24) is 4.98 Å². The summed E-state index contributed by atoms with van der Waals surface area (Å²) >= 11 is 1.43. The smallest absolute Gasteiger partial charge is 0.353 e. The van der Waals surface area contributed by atoms with Crippen LogP contribution in [0.1, 0.15) is 66.0 Å². The lowest BCUT2D eigenvalue weighted by Gasteiger charge is -2.26. The van der Waals surface area contributed by atoms with Crippen molar-refractivity contribution in [1.29, 1.82) is 0 Å². The highest BCUT2D eigenvalue weighted by atomic mass is 32.1. The van der Waals surface area contributed by atoms with Crippen molar-refractivity contribution in [3.63, 3.8) is 0 Å². The molecule has 0 bridgehead atoms. The fourth-order valence-electron chi connectivity index (χ4n) is 2.60. The Balaban J connectivity index is 1.74. The van der Waals surface area contributed by atoms with Gasteiger partial charge in [-0.15, -0.1) is 11.3 Å². The van der Waals surface area contributed by atoms with Crippen LogP contribution < -0.4 is 10.5 Å². The predicted octanol–water partition coefficient (Wildman–Crippen LogP) is 2.85. The van der Waals surface area contributed by atoms with Gasteiger partial charge in [0, 0.05) is 12.0 Å². The Morgan fingerprint density at radius 2 is 2.00 bits per heavy atom. The van der Waals surface area contributed by atoms with Gasteiger partial charge in [-0.3, -0.25) is 0 Å². The third kappa shape index (κ3) is 3.55. The van der Waals surface area contributed by atoms with Crippen molar-refractivity contribution in [2.75, 3.05) is 6.61 Å². The molecule has 0 atom stereocenters. The number of ether oxygens (including phenoxy) is 2. The van der Waals surface area contributed by atoms with E-state index in [1.54, 1.807) is 0 Å². The Morgan fingerprint density at radius 1 is 1.29 bits per heavy atom. The molecule has 6 heteroatoms. The summed E-state index contributed by atoms with van der Waals surface area (Å²) in [4.78, 5) is 17.1. The van der Waals surface area contributed by atoms with E-state index in [1.165, 1.54) is 11.3 Å². The van der Waals surface area contributed by atoms with Crippen LogP contribution in [0.25, 0.3) is 0 Å². The molecule has 0 unspecified atom stereocenters. The van der Waals surface area contributed by atoms with Gasteiger partial charge in [0.25, 0.3) is 0 Å². The number of nitrogens with two attached hydrogens (primary N) is 1. The second kappa shape index (κ2) is 6.32. The summed E-state index contributed by atoms with van der Waals surface area (Å²) in [6, 6.07) is 0.284. The molecule has 116 valence electrons. The fourth-order valence-corrected chi connectivity index (χ4v) is 3.66. The zero-order valence-electron chi connectivity index (χ0n) is 12.3. The summed E-state index contributed by atoms with van der Waals surface area (Å²) in [5.74, 6) is 0.672. The molecule has 5 nitrogen and oxygen atoms in total. The largest absolute Gasteiger partial charge is 0.473 e. The molecule has 1 aromatic rings. The standard InChI is InChI=1S/C15H22N2O3S/c1-2-19-15(18)12-13(17-14(21-12)9-3-4-9)20-11-7-5-10(16)6-8-11/h9-11H,2-8,16H2,1H3/t10-,11-. The van der Waals surface area contributed by atoms with E-state index >= 15 is 0 Å². The molecule has 21 heavy (non-hydrogen) atoms. The molecule has 0 amide bonds. The fraction of sp³-hybridized carbons (Fsp3) is 0.733. The molecular formula is C15H22N2O3S. The number of hydrogen-bond donors (Lipinski definition) is 1. The molecule has 2 aliphatic rings. The van der Waals surface area contributed by atoms with Crippen LogP contribution in [0.15, 0.2) is 0 Å². The Hall–Kier alpha value is -1.14. The Morgan fingerprint density at radius 3 is 2.62 bits per heavy atom. The van der Waals surface area contributed by atoms with Crippen LogP contribution in [-0.2, 0) is 4.74 Å². The molecule has 1 aromatic heterocycles. The lowest BCUT2D eigenvalue weighted by Crippen LogP contribution is -2.32. The second-order valence-electron chi connectivity index (χ2n) is 5.84. The molecule has 1 heterocycles. The molecule has 0 radical (unpaired) electrons. The summed E-state index contributed by atoms with van der Waals surface area (Å²) in [6.07, 6.45) is 6.24. The quantitative estimate of drug-likeness (QED) is 0.846. The van der Waals surface area contributed by atoms with E-state index in [9.17, 15) is 4.79 Å². The first-order valence-electron chi connectivity index (χ1n) is 7.77. The minimum atomic E-state index is -0.315. The molecule has 2 N–H and O–H groups in total. The van der Waals surface area contributed by atoms with Crippen molar-refractivity contribution in [2.24, 2.45) is 5.73 Å². The summed E-state index contributed by atoms with van der Waals surface area (Å²) < 4.78 is 11.1. The zero-order chi connectivity index (χ0) is 14.8. The van der Waals surface area contributed by atoms with Crippen LogP contribution in [0.3, 0.4) is 0 Å². The van der Waals surface area contributed by atoms with Crippen LogP contribution in [0.5, 0.6) is 5.88 Å². The number of carbonyl (C=O) groups is 1. The van der Waals surface area contributed by atoms with Gasteiger partial charge in [0.15, 0.2) is 4.88 Å². The SMILES string of the molecule is CCOC(=O)c1sc(C2CC2)nc1O[C@H]1CC[C@H](N)CC1. The minimum absolute atomic E-state index is 0.118. The first-order chi connectivity index (χ1) is 10.2. The number of nitrogens with zero attached hydrogens (tertiary/aromatic N) is 1. The molecule has 3 rings (SSSR count). The molecule has 2 fully saturated rings. The van der Waals surface area contributed by atoms with Gasteiger partial charge in [-0.2, -0.15) is 0 Å². The number of thiazole rings is 1. The summed E-state index contributed by atoms with van der Waals surface area (Å²) in [5, 5.41) is 1.01. The van der Waals surface area contributed by atoms with E-state index < -0.39 is 0 Å². The van der Waals surface area contributed by atoms with Gasteiger partial charge in [0.1, 0.15) is 11.1 Å². The van der Waals surface area contributed by atoms with E-state index in [0.717, 1.165) is 43.5 Å². The number of esters is 1. The summed E-state index contributed by atoms with van der Waals surface area (Å²) in [6.45, 7) is 2.18. The van der Waals surface area contributed by atoms with Crippen LogP contribution >= 0.6 is 11.3 Å². The highest BCUT2D eigenvalue weighted by Gasteiger charge is 2.32. The number of rotatable bonds is 5. The maximum atomic E-state index is 12.1. The predicted molar refractivity (Wildman–Crippen MR) is 80.9 cm³/mol. The average molecular weight is 310 g/mol. The minimum Gasteiger partial charge on any atom is -0.473 e. The number of hydrogen-bond acceptors (Lipinski definition) is 6. The van der Waals surface area contributed by atoms with Gasteiger partial charge < -0.3 is 15.2 Å². The lowest BCUT2D eigenvalue weighted by atomic mass is 9.94. The van der Waals surface area contributed by atoms with Crippen LogP contribution in [-0.4, -0.2) is 29.7 Å². The Kier molecular flexibility index (Phi) is 4.45. The van der Waals surface area contributed by atoms with Gasteiger partial charge in [-0.1, -0.05) is 0 Å². The summed E-state index contributed by atoms with van der Waals surface area (Å²) in [7, 11) is 0. The second-order valence-corrected chi connectivity index (χ2v) is 6.87. The molecule has 2 saturated carbocycles. The highest BCUT2D eigenvalue weighted by Crippen LogP contribution is 2.44. The Bertz CT molecular complexity index is 505. The topological polar surface area (TPSA) is 74.4 Å². The van der Waals surface area contributed by atoms with Gasteiger partial charge in [0.2, 0.25) is 5.88 Å². The van der Waals surface area contributed by atoms with Gasteiger partial charge in [0.05, 0.1) is 6.61 Å². The van der Waals surface area contributed by atoms with E-state index in [4.69, 9.17) is 15.2 Å². The third-order valence-electron chi connectivity index (χ3n) is 4.00. The van der Waals surface area contributed by atoms with Crippen molar-refractivity contribution in [3.05, 3.63) is 9.88 Å². The van der Waals surface area contributed by atoms with Crippen molar-refractivity contribution < 1.29 is 14.3 Å². The molecule has 2 aliphatic carbocycles. The molecule has 0 aliphatic heterocycles. The highest BCUT2D eigenvalue weighted by molar-refractivity contribution is 7.14. The van der Waals surface area contributed by atoms with Gasteiger partial charge in [-0.05, 0) is 45.4 Å². The third-order valence-corrected chi connectivity index (χ3v) is 5.18. The number of aromatic nitrogens is 1. The van der Waals surface area contributed by atoms with E-state index in [1.807, 2.05) is 6.92 Å². The van der Waals surface area contributed by atoms with Crippen molar-refractivity contribution >= 4 is 17.3 Å². The van der Waals surface area contributed by atoms with Crippen LogP contribution in [0.4, 0.5) is 0 Å². The molecule has 0 saturated heterocycles. The Labute approximate surface area is 128 Å². The normalized spacial score (nSPS) is 25.6. The van der Waals surface area contributed by atoms with E-state index in [0.29, 0.717) is 23.3 Å². The first kappa shape index (κ1) is 14.8. The van der Waals surface area contributed by atoms with E-state index in [2.05, 4.69) is 4.98 Å². The maximum absolute atomic E-state index is 12.1. The van der Waals surface area contributed by atoms with Crippen molar-refractivity contribution in [3.8, 4) is 5.88 Å². The van der Waals surface area contributed by atoms with Gasteiger partial charge in [-0.25, -0.2) is 9.78 Å². The summed E-state index contributed by atoms with van der Waals surface area (Å²) in [5.41, 5.74) is 5.92. The van der Waals surface area contributed by atoms with Crippen molar-refractivity contribution in [2.45, 2.75) is 63.5 Å². The number of carbonyl (C=O) groups excluding carboxylic acids is 1. The lowest BCUT2D eigenvalue weighted by molar-refractivity contribution is 0.0521. The van der Waals surface area contributed by atoms with Crippen LogP contribution in [0, 0.1) is 0 Å².